The van der Waals surface area contributed by atoms with Gasteiger partial charge in [0.25, 0.3) is 0 Å². The number of aryl methyl sites for hydroxylation is 1. The second kappa shape index (κ2) is 6.02. The summed E-state index contributed by atoms with van der Waals surface area (Å²) in [4.78, 5) is 0. The maximum Gasteiger partial charge on any atom is 0.128 e. The average molecular weight is 264 g/mol. The molecule has 3 N–H and O–H groups in total. The van der Waals surface area contributed by atoms with Crippen molar-refractivity contribution in [2.45, 2.75) is 46.1 Å². The molecule has 19 heavy (non-hydrogen) atoms. The minimum atomic E-state index is -0.153. The number of rotatable bonds is 3. The quantitative estimate of drug-likeness (QED) is 0.645. The first-order chi connectivity index (χ1) is 9.02. The van der Waals surface area contributed by atoms with E-state index < -0.39 is 0 Å². The Morgan fingerprint density at radius 3 is 2.63 bits per heavy atom. The Morgan fingerprint density at radius 2 is 2.00 bits per heavy atom. The molecule has 1 aromatic carbocycles. The van der Waals surface area contributed by atoms with Gasteiger partial charge in [0.2, 0.25) is 0 Å². The van der Waals surface area contributed by atoms with Gasteiger partial charge < -0.3 is 0 Å². The van der Waals surface area contributed by atoms with Gasteiger partial charge >= 0.3 is 0 Å². The third-order valence-electron chi connectivity index (χ3n) is 4.78. The van der Waals surface area contributed by atoms with Crippen molar-refractivity contribution in [1.82, 2.24) is 5.43 Å². The van der Waals surface area contributed by atoms with E-state index in [-0.39, 0.29) is 11.9 Å². The maximum atomic E-state index is 14.0. The number of benzene rings is 1. The zero-order chi connectivity index (χ0) is 14.0. The van der Waals surface area contributed by atoms with Crippen molar-refractivity contribution in [1.29, 1.82) is 0 Å². The molecule has 1 aromatic rings. The lowest BCUT2D eigenvalue weighted by Gasteiger charge is -2.36. The van der Waals surface area contributed by atoms with E-state index in [1.807, 2.05) is 13.0 Å². The molecule has 0 bridgehead atoms. The van der Waals surface area contributed by atoms with Crippen LogP contribution in [0.3, 0.4) is 0 Å². The maximum absolute atomic E-state index is 14.0. The highest BCUT2D eigenvalue weighted by atomic mass is 19.1. The molecule has 0 aliphatic heterocycles. The Hall–Kier alpha value is -0.930. The van der Waals surface area contributed by atoms with E-state index in [9.17, 15) is 4.39 Å². The summed E-state index contributed by atoms with van der Waals surface area (Å²) in [6.07, 6.45) is 3.44. The minimum Gasteiger partial charge on any atom is -0.271 e. The minimum absolute atomic E-state index is 0.0742. The van der Waals surface area contributed by atoms with Gasteiger partial charge in [0, 0.05) is 5.56 Å². The fourth-order valence-corrected chi connectivity index (χ4v) is 3.27. The number of nitrogens with two attached hydrogens (primary N) is 1. The summed E-state index contributed by atoms with van der Waals surface area (Å²) in [6, 6.07) is 5.19. The number of hydrazine groups is 1. The van der Waals surface area contributed by atoms with E-state index in [2.05, 4.69) is 19.3 Å². The molecule has 0 radical (unpaired) electrons. The number of hydrogen-bond acceptors (Lipinski definition) is 2. The molecule has 4 atom stereocenters. The monoisotopic (exact) mass is 264 g/mol. The average Bonchev–Trinajstić information content (AvgIpc) is 2.38. The van der Waals surface area contributed by atoms with E-state index in [0.717, 1.165) is 24.3 Å². The predicted octanol–water partition coefficient (Wildman–Crippen LogP) is 3.71. The molecule has 3 heteroatoms. The highest BCUT2D eigenvalue weighted by molar-refractivity contribution is 5.27. The Bertz CT molecular complexity index is 433. The van der Waals surface area contributed by atoms with Gasteiger partial charge in [-0.1, -0.05) is 38.0 Å². The first-order valence-corrected chi connectivity index (χ1v) is 7.25. The van der Waals surface area contributed by atoms with Crippen LogP contribution in [0.15, 0.2) is 18.2 Å². The van der Waals surface area contributed by atoms with Crippen molar-refractivity contribution in [2.24, 2.45) is 23.6 Å². The topological polar surface area (TPSA) is 38.0 Å². The van der Waals surface area contributed by atoms with Gasteiger partial charge in [0.1, 0.15) is 5.82 Å². The van der Waals surface area contributed by atoms with Crippen LogP contribution >= 0.6 is 0 Å². The number of halogens is 1. The van der Waals surface area contributed by atoms with Gasteiger partial charge in [-0.05, 0) is 43.6 Å². The van der Waals surface area contributed by atoms with Crippen molar-refractivity contribution < 1.29 is 4.39 Å². The smallest absolute Gasteiger partial charge is 0.128 e. The molecule has 1 aliphatic rings. The van der Waals surface area contributed by atoms with Crippen LogP contribution in [-0.4, -0.2) is 0 Å². The first-order valence-electron chi connectivity index (χ1n) is 7.25. The summed E-state index contributed by atoms with van der Waals surface area (Å²) in [5.41, 5.74) is 4.65. The van der Waals surface area contributed by atoms with Gasteiger partial charge in [-0.2, -0.15) is 0 Å². The van der Waals surface area contributed by atoms with Crippen molar-refractivity contribution in [3.63, 3.8) is 0 Å². The molecule has 0 aromatic heterocycles. The Labute approximate surface area is 115 Å². The van der Waals surface area contributed by atoms with Gasteiger partial charge in [0.05, 0.1) is 6.04 Å². The van der Waals surface area contributed by atoms with Crippen LogP contribution in [0.2, 0.25) is 0 Å². The molecule has 0 saturated heterocycles. The van der Waals surface area contributed by atoms with Crippen LogP contribution in [0, 0.1) is 30.5 Å². The largest absolute Gasteiger partial charge is 0.271 e. The van der Waals surface area contributed by atoms with Crippen LogP contribution in [-0.2, 0) is 0 Å². The lowest BCUT2D eigenvalue weighted by atomic mass is 9.72. The summed E-state index contributed by atoms with van der Waals surface area (Å²) >= 11 is 0. The van der Waals surface area contributed by atoms with E-state index >= 15 is 0 Å². The SMILES string of the molecule is Cc1ccc(F)c(C(NN)C2CCC(C)C(C)C2)c1. The fourth-order valence-electron chi connectivity index (χ4n) is 3.27. The highest BCUT2D eigenvalue weighted by Gasteiger charge is 2.31. The Morgan fingerprint density at radius 1 is 1.26 bits per heavy atom. The van der Waals surface area contributed by atoms with Gasteiger partial charge in [0.15, 0.2) is 0 Å². The Balaban J connectivity index is 2.22. The van der Waals surface area contributed by atoms with Crippen molar-refractivity contribution in [2.75, 3.05) is 0 Å². The normalized spacial score (nSPS) is 29.2. The van der Waals surface area contributed by atoms with E-state index in [1.54, 1.807) is 12.1 Å². The highest BCUT2D eigenvalue weighted by Crippen LogP contribution is 2.40. The van der Waals surface area contributed by atoms with Crippen LogP contribution in [0.25, 0.3) is 0 Å². The number of nitrogens with one attached hydrogen (secondary N) is 1. The summed E-state index contributed by atoms with van der Waals surface area (Å²) < 4.78 is 14.0. The van der Waals surface area contributed by atoms with Crippen LogP contribution in [0.1, 0.15) is 50.3 Å². The molecular weight excluding hydrogens is 239 g/mol. The molecule has 2 rings (SSSR count). The third-order valence-corrected chi connectivity index (χ3v) is 4.78. The Kier molecular flexibility index (Phi) is 4.58. The summed E-state index contributed by atoms with van der Waals surface area (Å²) in [6.45, 7) is 6.58. The predicted molar refractivity (Wildman–Crippen MR) is 76.9 cm³/mol. The van der Waals surface area contributed by atoms with E-state index in [1.165, 1.54) is 6.42 Å². The standard InChI is InChI=1S/C16H25FN2/c1-10-4-7-15(17)14(8-10)16(19-18)13-6-5-11(2)12(3)9-13/h4,7-8,11-13,16,19H,5-6,9,18H2,1-3H3. The van der Waals surface area contributed by atoms with E-state index in [0.29, 0.717) is 17.4 Å². The summed E-state index contributed by atoms with van der Waals surface area (Å²) in [5.74, 6) is 7.43. The zero-order valence-electron chi connectivity index (χ0n) is 12.1. The van der Waals surface area contributed by atoms with E-state index in [4.69, 9.17) is 5.84 Å². The van der Waals surface area contributed by atoms with Crippen molar-refractivity contribution >= 4 is 0 Å². The molecule has 1 aliphatic carbocycles. The molecule has 1 saturated carbocycles. The molecule has 1 fully saturated rings. The third kappa shape index (κ3) is 3.15. The second-order valence-electron chi connectivity index (χ2n) is 6.20. The molecule has 4 unspecified atom stereocenters. The van der Waals surface area contributed by atoms with Crippen molar-refractivity contribution in [3.05, 3.63) is 35.1 Å². The molecule has 0 amide bonds. The van der Waals surface area contributed by atoms with Crippen LogP contribution < -0.4 is 11.3 Å². The summed E-state index contributed by atoms with van der Waals surface area (Å²) in [5, 5.41) is 0. The van der Waals surface area contributed by atoms with Gasteiger partial charge in [-0.3, -0.25) is 11.3 Å². The number of hydrogen-bond donors (Lipinski definition) is 2. The first kappa shape index (κ1) is 14.5. The second-order valence-corrected chi connectivity index (χ2v) is 6.20. The molecule has 0 heterocycles. The van der Waals surface area contributed by atoms with Crippen LogP contribution in [0.4, 0.5) is 4.39 Å². The molecular formula is C16H25FN2. The molecule has 106 valence electrons. The van der Waals surface area contributed by atoms with Gasteiger partial charge in [-0.25, -0.2) is 4.39 Å². The zero-order valence-corrected chi connectivity index (χ0v) is 12.1. The molecule has 2 nitrogen and oxygen atoms in total. The van der Waals surface area contributed by atoms with Crippen molar-refractivity contribution in [3.8, 4) is 0 Å². The van der Waals surface area contributed by atoms with Crippen LogP contribution in [0.5, 0.6) is 0 Å². The fraction of sp³-hybridized carbons (Fsp3) is 0.625. The lowest BCUT2D eigenvalue weighted by molar-refractivity contribution is 0.169. The van der Waals surface area contributed by atoms with Gasteiger partial charge in [-0.15, -0.1) is 0 Å². The lowest BCUT2D eigenvalue weighted by Crippen LogP contribution is -2.37. The molecule has 0 spiro atoms. The summed E-state index contributed by atoms with van der Waals surface area (Å²) in [7, 11) is 0.